The summed E-state index contributed by atoms with van der Waals surface area (Å²) in [4.78, 5) is 8.31. The van der Waals surface area contributed by atoms with Gasteiger partial charge in [-0.15, -0.1) is 11.8 Å². The minimum Gasteiger partial charge on any atom is -0.388 e. The highest BCUT2D eigenvalue weighted by Crippen LogP contribution is 2.27. The molecule has 1 heterocycles. The maximum atomic E-state index is 10.5. The predicted octanol–water partition coefficient (Wildman–Crippen LogP) is 2.70. The number of anilines is 1. The first-order valence-electron chi connectivity index (χ1n) is 6.54. The van der Waals surface area contributed by atoms with Crippen LogP contribution in [0.15, 0.2) is 17.4 Å². The van der Waals surface area contributed by atoms with Gasteiger partial charge in [0.1, 0.15) is 17.2 Å². The van der Waals surface area contributed by atoms with Crippen molar-refractivity contribution in [2.75, 3.05) is 18.1 Å². The van der Waals surface area contributed by atoms with Crippen LogP contribution in [-0.4, -0.2) is 33.5 Å². The Hall–Kier alpha value is -0.810. The smallest absolute Gasteiger partial charge is 0.130 e. The zero-order valence-corrected chi connectivity index (χ0v) is 11.7. The van der Waals surface area contributed by atoms with Crippen molar-refractivity contribution in [1.82, 2.24) is 9.97 Å². The Kier molecular flexibility index (Phi) is 4.83. The molecule has 2 rings (SSSR count). The Morgan fingerprint density at radius 3 is 2.67 bits per heavy atom. The first-order chi connectivity index (χ1) is 8.72. The summed E-state index contributed by atoms with van der Waals surface area (Å²) >= 11 is 1.59. The molecule has 1 aliphatic carbocycles. The van der Waals surface area contributed by atoms with Crippen LogP contribution in [0.3, 0.4) is 0 Å². The molecule has 0 unspecified atom stereocenters. The summed E-state index contributed by atoms with van der Waals surface area (Å²) < 4.78 is 0. The third-order valence-corrected chi connectivity index (χ3v) is 4.13. The number of rotatable bonds is 4. The second kappa shape index (κ2) is 6.38. The fourth-order valence-electron chi connectivity index (χ4n) is 2.37. The Morgan fingerprint density at radius 1 is 1.28 bits per heavy atom. The molecule has 5 heteroatoms. The fourth-order valence-corrected chi connectivity index (χ4v) is 2.75. The molecule has 1 aromatic heterocycles. The molecular weight excluding hydrogens is 246 g/mol. The van der Waals surface area contributed by atoms with Gasteiger partial charge in [0.25, 0.3) is 0 Å². The summed E-state index contributed by atoms with van der Waals surface area (Å²) in [6.45, 7) is 0.581. The van der Waals surface area contributed by atoms with Crippen molar-refractivity contribution in [3.05, 3.63) is 12.4 Å². The van der Waals surface area contributed by atoms with Crippen molar-refractivity contribution in [3.8, 4) is 0 Å². The fraction of sp³-hybridized carbons (Fsp3) is 0.692. The molecule has 0 spiro atoms. The van der Waals surface area contributed by atoms with E-state index in [4.69, 9.17) is 0 Å². The number of aliphatic hydroxyl groups is 1. The number of nitrogens with one attached hydrogen (secondary N) is 1. The van der Waals surface area contributed by atoms with Crippen molar-refractivity contribution in [3.63, 3.8) is 0 Å². The highest BCUT2D eigenvalue weighted by molar-refractivity contribution is 7.98. The minimum atomic E-state index is -0.568. The summed E-state index contributed by atoms with van der Waals surface area (Å²) in [7, 11) is 0. The molecule has 4 nitrogen and oxygen atoms in total. The van der Waals surface area contributed by atoms with E-state index in [0.29, 0.717) is 6.54 Å². The molecule has 1 saturated carbocycles. The summed E-state index contributed by atoms with van der Waals surface area (Å²) in [6.07, 6.45) is 10.1. The van der Waals surface area contributed by atoms with Crippen LogP contribution in [0.25, 0.3) is 0 Å². The lowest BCUT2D eigenvalue weighted by Gasteiger charge is -2.27. The molecule has 0 amide bonds. The Balaban J connectivity index is 1.92. The van der Waals surface area contributed by atoms with Crippen molar-refractivity contribution in [2.24, 2.45) is 0 Å². The van der Waals surface area contributed by atoms with Gasteiger partial charge in [0.15, 0.2) is 0 Å². The quantitative estimate of drug-likeness (QED) is 0.499. The number of hydrogen-bond acceptors (Lipinski definition) is 5. The van der Waals surface area contributed by atoms with Crippen molar-refractivity contribution >= 4 is 17.6 Å². The maximum absolute atomic E-state index is 10.5. The van der Waals surface area contributed by atoms with Gasteiger partial charge in [-0.05, 0) is 19.1 Å². The van der Waals surface area contributed by atoms with E-state index in [1.54, 1.807) is 18.1 Å². The minimum absolute atomic E-state index is 0.568. The Morgan fingerprint density at radius 2 is 2.00 bits per heavy atom. The van der Waals surface area contributed by atoms with Gasteiger partial charge in [-0.3, -0.25) is 0 Å². The van der Waals surface area contributed by atoms with E-state index in [-0.39, 0.29) is 0 Å². The summed E-state index contributed by atoms with van der Waals surface area (Å²) in [5.74, 6) is 0.798. The highest BCUT2D eigenvalue weighted by Gasteiger charge is 2.27. The van der Waals surface area contributed by atoms with E-state index in [1.165, 1.54) is 12.8 Å². The second-order valence-electron chi connectivity index (χ2n) is 4.94. The van der Waals surface area contributed by atoms with E-state index in [2.05, 4.69) is 15.3 Å². The van der Waals surface area contributed by atoms with Crippen LogP contribution in [0.5, 0.6) is 0 Å². The number of aromatic nitrogens is 2. The lowest BCUT2D eigenvalue weighted by Crippen LogP contribution is -2.36. The summed E-state index contributed by atoms with van der Waals surface area (Å²) in [6, 6.07) is 1.92. The van der Waals surface area contributed by atoms with Crippen LogP contribution in [0.1, 0.15) is 38.5 Å². The summed E-state index contributed by atoms with van der Waals surface area (Å²) in [5.41, 5.74) is -0.568. The molecule has 1 fully saturated rings. The number of hydrogen-bond donors (Lipinski definition) is 2. The Bertz CT molecular complexity index is 378. The third kappa shape index (κ3) is 3.85. The van der Waals surface area contributed by atoms with Crippen molar-refractivity contribution in [2.45, 2.75) is 49.2 Å². The summed E-state index contributed by atoms with van der Waals surface area (Å²) in [5, 5.41) is 14.7. The van der Waals surface area contributed by atoms with Gasteiger partial charge in [0, 0.05) is 12.6 Å². The molecule has 0 aromatic carbocycles. The van der Waals surface area contributed by atoms with Crippen LogP contribution < -0.4 is 5.32 Å². The molecule has 0 bridgehead atoms. The maximum Gasteiger partial charge on any atom is 0.130 e. The van der Waals surface area contributed by atoms with Gasteiger partial charge in [0.2, 0.25) is 0 Å². The molecule has 1 aliphatic rings. The third-order valence-electron chi connectivity index (χ3n) is 3.48. The van der Waals surface area contributed by atoms with Crippen LogP contribution >= 0.6 is 11.8 Å². The average Bonchev–Trinajstić information content (AvgIpc) is 2.62. The first-order valence-corrected chi connectivity index (χ1v) is 7.77. The monoisotopic (exact) mass is 267 g/mol. The van der Waals surface area contributed by atoms with Crippen LogP contribution in [0.4, 0.5) is 5.82 Å². The zero-order chi connectivity index (χ0) is 12.8. The molecule has 0 saturated heterocycles. The lowest BCUT2D eigenvalue weighted by atomic mass is 9.94. The number of nitrogens with zero attached hydrogens (tertiary/aromatic N) is 2. The first kappa shape index (κ1) is 13.6. The standard InChI is InChI=1S/C13H21N3OS/c1-18-12-8-11(15-10-16-12)14-9-13(17)6-4-2-3-5-7-13/h8,10,17H,2-7,9H2,1H3,(H,14,15,16). The zero-order valence-electron chi connectivity index (χ0n) is 10.9. The topological polar surface area (TPSA) is 58.0 Å². The van der Waals surface area contributed by atoms with Crippen molar-refractivity contribution in [1.29, 1.82) is 0 Å². The van der Waals surface area contributed by atoms with Gasteiger partial charge in [-0.2, -0.15) is 0 Å². The van der Waals surface area contributed by atoms with Crippen LogP contribution in [0.2, 0.25) is 0 Å². The predicted molar refractivity (Wildman–Crippen MR) is 75.0 cm³/mol. The van der Waals surface area contributed by atoms with E-state index >= 15 is 0 Å². The van der Waals surface area contributed by atoms with Gasteiger partial charge >= 0.3 is 0 Å². The van der Waals surface area contributed by atoms with E-state index < -0.39 is 5.60 Å². The van der Waals surface area contributed by atoms with Crippen molar-refractivity contribution < 1.29 is 5.11 Å². The van der Waals surface area contributed by atoms with Gasteiger partial charge in [-0.1, -0.05) is 25.7 Å². The largest absolute Gasteiger partial charge is 0.388 e. The molecule has 18 heavy (non-hydrogen) atoms. The van der Waals surface area contributed by atoms with Gasteiger partial charge < -0.3 is 10.4 Å². The SMILES string of the molecule is CSc1cc(NCC2(O)CCCCCC2)ncn1. The molecule has 2 N–H and O–H groups in total. The van der Waals surface area contributed by atoms with E-state index in [1.807, 2.05) is 12.3 Å². The molecule has 0 aliphatic heterocycles. The normalized spacial score (nSPS) is 19.2. The number of thioether (sulfide) groups is 1. The van der Waals surface area contributed by atoms with Crippen LogP contribution in [-0.2, 0) is 0 Å². The molecule has 0 radical (unpaired) electrons. The lowest BCUT2D eigenvalue weighted by molar-refractivity contribution is 0.0380. The molecule has 100 valence electrons. The van der Waals surface area contributed by atoms with Crippen LogP contribution in [0, 0.1) is 0 Å². The highest BCUT2D eigenvalue weighted by atomic mass is 32.2. The van der Waals surface area contributed by atoms with Gasteiger partial charge in [-0.25, -0.2) is 9.97 Å². The van der Waals surface area contributed by atoms with Gasteiger partial charge in [0.05, 0.1) is 5.60 Å². The second-order valence-corrected chi connectivity index (χ2v) is 5.76. The molecule has 1 aromatic rings. The average molecular weight is 267 g/mol. The Labute approximate surface area is 113 Å². The molecule has 0 atom stereocenters. The van der Waals surface area contributed by atoms with E-state index in [0.717, 1.165) is 36.5 Å². The molecular formula is C13H21N3OS. The van der Waals surface area contributed by atoms with E-state index in [9.17, 15) is 5.11 Å².